The Hall–Kier alpha value is -1.93. The Morgan fingerprint density at radius 3 is 3.00 bits per heavy atom. The number of anilines is 1. The molecular formula is C14H19N5O2S. The van der Waals surface area contributed by atoms with Crippen LogP contribution in [0, 0.1) is 6.92 Å². The molecular weight excluding hydrogens is 302 g/mol. The van der Waals surface area contributed by atoms with Gasteiger partial charge in [0.1, 0.15) is 10.7 Å². The Balaban J connectivity index is 1.71. The highest BCUT2D eigenvalue weighted by Crippen LogP contribution is 2.19. The van der Waals surface area contributed by atoms with Gasteiger partial charge in [0, 0.05) is 31.0 Å². The molecule has 0 aliphatic carbocycles. The second kappa shape index (κ2) is 6.05. The van der Waals surface area contributed by atoms with E-state index in [4.69, 9.17) is 0 Å². The van der Waals surface area contributed by atoms with E-state index in [-0.39, 0.29) is 10.9 Å². The lowest BCUT2D eigenvalue weighted by molar-refractivity contribution is 0.464. The van der Waals surface area contributed by atoms with Gasteiger partial charge in [-0.25, -0.2) is 18.1 Å². The second-order valence-electron chi connectivity index (χ2n) is 5.48. The van der Waals surface area contributed by atoms with E-state index in [1.165, 1.54) is 12.4 Å². The van der Waals surface area contributed by atoms with Crippen molar-refractivity contribution < 1.29 is 8.42 Å². The Bertz CT molecular complexity index is 729. The number of pyridine rings is 1. The van der Waals surface area contributed by atoms with E-state index in [2.05, 4.69) is 24.8 Å². The monoisotopic (exact) mass is 321 g/mol. The van der Waals surface area contributed by atoms with Gasteiger partial charge in [-0.3, -0.25) is 5.10 Å². The fraction of sp³-hybridized carbons (Fsp3) is 0.429. The molecule has 2 aromatic rings. The lowest BCUT2D eigenvalue weighted by atomic mass is 10.1. The van der Waals surface area contributed by atoms with E-state index < -0.39 is 10.0 Å². The normalized spacial score (nSPS) is 19.3. The first kappa shape index (κ1) is 15.0. The van der Waals surface area contributed by atoms with E-state index in [0.29, 0.717) is 6.54 Å². The van der Waals surface area contributed by atoms with Crippen LogP contribution in [0.15, 0.2) is 35.5 Å². The van der Waals surface area contributed by atoms with Gasteiger partial charge < -0.3 is 4.90 Å². The SMILES string of the molecule is Cc1cccc(N2CCCC(NS(=O)(=O)c3cn[nH]c3)C2)n1. The number of rotatable bonds is 4. The first-order valence-corrected chi connectivity index (χ1v) is 8.73. The summed E-state index contributed by atoms with van der Waals surface area (Å²) in [6.07, 6.45) is 4.43. The average molecular weight is 321 g/mol. The zero-order valence-electron chi connectivity index (χ0n) is 12.4. The Labute approximate surface area is 129 Å². The van der Waals surface area contributed by atoms with Crippen LogP contribution in [0.2, 0.25) is 0 Å². The first-order valence-electron chi connectivity index (χ1n) is 7.24. The van der Waals surface area contributed by atoms with E-state index in [1.807, 2.05) is 25.1 Å². The summed E-state index contributed by atoms with van der Waals surface area (Å²) >= 11 is 0. The van der Waals surface area contributed by atoms with Gasteiger partial charge >= 0.3 is 0 Å². The van der Waals surface area contributed by atoms with Gasteiger partial charge in [-0.1, -0.05) is 6.07 Å². The van der Waals surface area contributed by atoms with Crippen LogP contribution in [0.4, 0.5) is 5.82 Å². The molecule has 2 aromatic heterocycles. The van der Waals surface area contributed by atoms with E-state index >= 15 is 0 Å². The molecule has 7 nitrogen and oxygen atoms in total. The maximum Gasteiger partial charge on any atom is 0.243 e. The number of nitrogens with one attached hydrogen (secondary N) is 2. The summed E-state index contributed by atoms with van der Waals surface area (Å²) in [6.45, 7) is 3.46. The van der Waals surface area contributed by atoms with Gasteiger partial charge in [0.15, 0.2) is 0 Å². The minimum Gasteiger partial charge on any atom is -0.355 e. The molecule has 0 amide bonds. The number of aromatic amines is 1. The average Bonchev–Trinajstić information content (AvgIpc) is 3.02. The van der Waals surface area contributed by atoms with Gasteiger partial charge in [0.05, 0.1) is 6.20 Å². The van der Waals surface area contributed by atoms with Crippen molar-refractivity contribution in [1.82, 2.24) is 19.9 Å². The fourth-order valence-electron chi connectivity index (χ4n) is 2.66. The van der Waals surface area contributed by atoms with Crippen LogP contribution in [0.5, 0.6) is 0 Å². The maximum absolute atomic E-state index is 12.3. The maximum atomic E-state index is 12.3. The van der Waals surface area contributed by atoms with Gasteiger partial charge in [0.25, 0.3) is 0 Å². The van der Waals surface area contributed by atoms with Crippen molar-refractivity contribution in [2.45, 2.75) is 30.7 Å². The fourth-order valence-corrected chi connectivity index (χ4v) is 3.83. The summed E-state index contributed by atoms with van der Waals surface area (Å²) in [5.41, 5.74) is 0.957. The topological polar surface area (TPSA) is 91.0 Å². The molecule has 0 radical (unpaired) electrons. The highest BCUT2D eigenvalue weighted by molar-refractivity contribution is 7.89. The van der Waals surface area contributed by atoms with Crippen LogP contribution in [-0.4, -0.2) is 42.7 Å². The molecule has 3 rings (SSSR count). The second-order valence-corrected chi connectivity index (χ2v) is 7.19. The summed E-state index contributed by atoms with van der Waals surface area (Å²) < 4.78 is 27.3. The summed E-state index contributed by atoms with van der Waals surface area (Å²) in [7, 11) is -3.52. The Morgan fingerprint density at radius 1 is 1.41 bits per heavy atom. The number of piperidine rings is 1. The molecule has 1 fully saturated rings. The molecule has 0 saturated carbocycles. The van der Waals surface area contributed by atoms with Crippen LogP contribution >= 0.6 is 0 Å². The molecule has 2 N–H and O–H groups in total. The van der Waals surface area contributed by atoms with Gasteiger partial charge in [-0.05, 0) is 31.9 Å². The zero-order chi connectivity index (χ0) is 15.6. The van der Waals surface area contributed by atoms with Crippen LogP contribution in [0.3, 0.4) is 0 Å². The van der Waals surface area contributed by atoms with Crippen molar-refractivity contribution in [2.24, 2.45) is 0 Å². The van der Waals surface area contributed by atoms with Crippen molar-refractivity contribution in [3.8, 4) is 0 Å². The molecule has 0 aromatic carbocycles. The largest absolute Gasteiger partial charge is 0.355 e. The quantitative estimate of drug-likeness (QED) is 0.879. The predicted octanol–water partition coefficient (Wildman–Crippen LogP) is 1.06. The number of hydrogen-bond acceptors (Lipinski definition) is 5. The van der Waals surface area contributed by atoms with Crippen molar-refractivity contribution in [1.29, 1.82) is 0 Å². The third-order valence-corrected chi connectivity index (χ3v) is 5.21. The molecule has 8 heteroatoms. The molecule has 22 heavy (non-hydrogen) atoms. The predicted molar refractivity (Wildman–Crippen MR) is 83.1 cm³/mol. The highest BCUT2D eigenvalue weighted by Gasteiger charge is 2.26. The third kappa shape index (κ3) is 3.28. The van der Waals surface area contributed by atoms with Crippen molar-refractivity contribution >= 4 is 15.8 Å². The van der Waals surface area contributed by atoms with Crippen LogP contribution in [-0.2, 0) is 10.0 Å². The standard InChI is InChI=1S/C14H19N5O2S/c1-11-4-2-6-14(17-11)19-7-3-5-12(10-19)18-22(20,21)13-8-15-16-9-13/h2,4,6,8-9,12,18H,3,5,7,10H2,1H3,(H,15,16). The van der Waals surface area contributed by atoms with Crippen molar-refractivity contribution in [3.05, 3.63) is 36.3 Å². The smallest absolute Gasteiger partial charge is 0.243 e. The number of H-pyrrole nitrogens is 1. The van der Waals surface area contributed by atoms with Gasteiger partial charge in [-0.15, -0.1) is 0 Å². The van der Waals surface area contributed by atoms with Crippen LogP contribution in [0.25, 0.3) is 0 Å². The highest BCUT2D eigenvalue weighted by atomic mass is 32.2. The third-order valence-electron chi connectivity index (χ3n) is 3.72. The van der Waals surface area contributed by atoms with Crippen LogP contribution < -0.4 is 9.62 Å². The summed E-state index contributed by atoms with van der Waals surface area (Å²) in [4.78, 5) is 6.80. The minimum absolute atomic E-state index is 0.129. The summed E-state index contributed by atoms with van der Waals surface area (Å²) in [5.74, 6) is 0.896. The minimum atomic E-state index is -3.52. The molecule has 1 saturated heterocycles. The molecule has 1 atom stereocenters. The number of hydrogen-bond donors (Lipinski definition) is 2. The lowest BCUT2D eigenvalue weighted by Gasteiger charge is -2.33. The molecule has 1 aliphatic heterocycles. The molecule has 1 aliphatic rings. The number of sulfonamides is 1. The molecule has 0 bridgehead atoms. The summed E-state index contributed by atoms with van der Waals surface area (Å²) in [5, 5.41) is 6.21. The number of aromatic nitrogens is 3. The van der Waals surface area contributed by atoms with E-state index in [1.54, 1.807) is 0 Å². The lowest BCUT2D eigenvalue weighted by Crippen LogP contribution is -2.47. The van der Waals surface area contributed by atoms with Gasteiger partial charge in [-0.2, -0.15) is 5.10 Å². The van der Waals surface area contributed by atoms with Gasteiger partial charge in [0.2, 0.25) is 10.0 Å². The first-order chi connectivity index (χ1) is 10.5. The molecule has 1 unspecified atom stereocenters. The molecule has 118 valence electrons. The summed E-state index contributed by atoms with van der Waals surface area (Å²) in [6, 6.07) is 5.75. The zero-order valence-corrected chi connectivity index (χ0v) is 13.2. The molecule has 0 spiro atoms. The van der Waals surface area contributed by atoms with Crippen molar-refractivity contribution in [3.63, 3.8) is 0 Å². The Kier molecular flexibility index (Phi) is 4.12. The van der Waals surface area contributed by atoms with Crippen LogP contribution in [0.1, 0.15) is 18.5 Å². The van der Waals surface area contributed by atoms with E-state index in [0.717, 1.165) is 30.9 Å². The molecule has 3 heterocycles. The van der Waals surface area contributed by atoms with E-state index in [9.17, 15) is 8.42 Å². The number of aryl methyl sites for hydroxylation is 1. The van der Waals surface area contributed by atoms with Crippen molar-refractivity contribution in [2.75, 3.05) is 18.0 Å². The Morgan fingerprint density at radius 2 is 2.27 bits per heavy atom. The number of nitrogens with zero attached hydrogens (tertiary/aromatic N) is 3.